The number of rotatable bonds is 9. The first-order valence-corrected chi connectivity index (χ1v) is 15.4. The number of carbonyl (C=O) groups excluding carboxylic acids is 1. The maximum atomic E-state index is 15.3. The number of hydrogen-bond acceptors (Lipinski definition) is 10. The number of Topliss-reactive ketones (excluding diaryl/α,β-unsaturated/α-hetero) is 1. The molecule has 0 saturated carbocycles. The van der Waals surface area contributed by atoms with Crippen molar-refractivity contribution in [3.05, 3.63) is 81.4 Å². The van der Waals surface area contributed by atoms with E-state index < -0.39 is 34.7 Å². The molecule has 1 aromatic heterocycles. The third-order valence-corrected chi connectivity index (χ3v) is 8.97. The average Bonchev–Trinajstić information content (AvgIpc) is 3.05. The monoisotopic (exact) mass is 649 g/mol. The number of nitrogens with zero attached hydrogens (tertiary/aromatic N) is 3. The molecular formula is C34H36FN3O9. The highest BCUT2D eigenvalue weighted by Crippen LogP contribution is 2.41. The summed E-state index contributed by atoms with van der Waals surface area (Å²) in [4.78, 5) is 41.2. The quantitative estimate of drug-likeness (QED) is 0.293. The molecular weight excluding hydrogens is 613 g/mol. The minimum absolute atomic E-state index is 0.0131. The number of benzene rings is 2. The van der Waals surface area contributed by atoms with Crippen LogP contribution in [0, 0.1) is 5.82 Å². The molecule has 3 heterocycles. The molecule has 0 spiro atoms. The van der Waals surface area contributed by atoms with E-state index in [4.69, 9.17) is 14.2 Å². The first-order chi connectivity index (χ1) is 22.5. The van der Waals surface area contributed by atoms with Gasteiger partial charge in [-0.15, -0.1) is 0 Å². The molecule has 2 atom stereocenters. The third kappa shape index (κ3) is 6.33. The first-order valence-electron chi connectivity index (χ1n) is 15.4. The first kappa shape index (κ1) is 32.2. The van der Waals surface area contributed by atoms with E-state index in [1.54, 1.807) is 28.9 Å². The number of aromatic nitrogens is 1. The molecule has 0 bridgehead atoms. The zero-order chi connectivity index (χ0) is 33.5. The Morgan fingerprint density at radius 2 is 1.91 bits per heavy atom. The van der Waals surface area contributed by atoms with Gasteiger partial charge in [0.1, 0.15) is 46.9 Å². The van der Waals surface area contributed by atoms with Gasteiger partial charge in [0.2, 0.25) is 5.43 Å². The van der Waals surface area contributed by atoms with Crippen LogP contribution in [0.4, 0.5) is 10.1 Å². The second kappa shape index (κ2) is 12.8. The molecule has 248 valence electrons. The number of phenols is 1. The number of hydrogen-bond donors (Lipinski definition) is 3. The number of aryl methyl sites for hydroxylation is 1. The number of carboxylic acid groups (broad SMARTS) is 1. The second-order valence-electron chi connectivity index (χ2n) is 11.8. The van der Waals surface area contributed by atoms with Crippen molar-refractivity contribution < 1.29 is 43.5 Å². The normalized spacial score (nSPS) is 21.4. The van der Waals surface area contributed by atoms with Crippen molar-refractivity contribution in [2.75, 3.05) is 51.3 Å². The standard InChI is InChI=1S/C34H36FN3O9/c1-3-37-19-23(33(42)43)32(41)22-15-24(35)26(16-25(22)37)38-9-7-36(8-10-38)11-12-46-21-13-27(39)31-28(40)17-29(47-30(31)14-21)20-5-4-6-34(44,18-20)45-2/h4-6,13-16,19,29,39,44H,3,7-12,17-18H2,1-2H3,(H,42,43). The van der Waals surface area contributed by atoms with Gasteiger partial charge in [-0.05, 0) is 30.7 Å². The lowest BCUT2D eigenvalue weighted by atomic mass is 9.89. The number of aromatic carboxylic acids is 1. The maximum Gasteiger partial charge on any atom is 0.341 e. The summed E-state index contributed by atoms with van der Waals surface area (Å²) in [6, 6.07) is 5.71. The number of pyridine rings is 1. The number of halogens is 1. The summed E-state index contributed by atoms with van der Waals surface area (Å²) in [6.07, 6.45) is 5.79. The smallest absolute Gasteiger partial charge is 0.341 e. The number of piperazine rings is 1. The van der Waals surface area contributed by atoms with E-state index in [0.717, 1.165) is 6.07 Å². The largest absolute Gasteiger partial charge is 0.507 e. The van der Waals surface area contributed by atoms with E-state index in [2.05, 4.69) is 4.90 Å². The van der Waals surface area contributed by atoms with Gasteiger partial charge in [0.05, 0.1) is 17.6 Å². The SMILES string of the molecule is CCn1cc(C(=O)O)c(=O)c2cc(F)c(N3CCN(CCOc4cc(O)c5c(c4)OC(C4=CC=CC(O)(OC)C4)CC5=O)CC3)cc21. The van der Waals surface area contributed by atoms with Gasteiger partial charge in [0, 0.05) is 76.5 Å². The van der Waals surface area contributed by atoms with Crippen molar-refractivity contribution in [1.29, 1.82) is 0 Å². The van der Waals surface area contributed by atoms with Gasteiger partial charge in [0.15, 0.2) is 11.6 Å². The number of ether oxygens (including phenoxy) is 3. The van der Waals surface area contributed by atoms with Crippen LogP contribution < -0.4 is 19.8 Å². The van der Waals surface area contributed by atoms with E-state index >= 15 is 4.39 Å². The molecule has 47 heavy (non-hydrogen) atoms. The predicted octanol–water partition coefficient (Wildman–Crippen LogP) is 3.32. The molecule has 2 aliphatic heterocycles. The fourth-order valence-electron chi connectivity index (χ4n) is 6.36. The molecule has 12 nitrogen and oxygen atoms in total. The molecule has 3 aliphatic rings. The fraction of sp³-hybridized carbons (Fsp3) is 0.382. The van der Waals surface area contributed by atoms with E-state index in [1.165, 1.54) is 25.4 Å². The lowest BCUT2D eigenvalue weighted by molar-refractivity contribution is -0.146. The number of aliphatic hydroxyl groups is 1. The lowest BCUT2D eigenvalue weighted by Crippen LogP contribution is -2.47. The number of methoxy groups -OCH3 is 1. The van der Waals surface area contributed by atoms with E-state index in [-0.39, 0.29) is 47.7 Å². The molecule has 2 unspecified atom stereocenters. The van der Waals surface area contributed by atoms with Crippen molar-refractivity contribution in [2.24, 2.45) is 0 Å². The van der Waals surface area contributed by atoms with Crippen LogP contribution in [0.15, 0.2) is 59.1 Å². The van der Waals surface area contributed by atoms with E-state index in [1.807, 2.05) is 11.8 Å². The number of phenolic OH excluding ortho intramolecular Hbond substituents is 1. The highest BCUT2D eigenvalue weighted by Gasteiger charge is 2.36. The van der Waals surface area contributed by atoms with Crippen LogP contribution in [-0.4, -0.2) is 94.9 Å². The van der Waals surface area contributed by atoms with Crippen LogP contribution in [0.5, 0.6) is 17.2 Å². The Bertz CT molecular complexity index is 1860. The summed E-state index contributed by atoms with van der Waals surface area (Å²) in [5.74, 6) is -3.38. The van der Waals surface area contributed by atoms with Gasteiger partial charge in [-0.25, -0.2) is 9.18 Å². The third-order valence-electron chi connectivity index (χ3n) is 8.97. The molecule has 3 N–H and O–H groups in total. The van der Waals surface area contributed by atoms with Crippen LogP contribution in [0.25, 0.3) is 10.9 Å². The topological polar surface area (TPSA) is 151 Å². The van der Waals surface area contributed by atoms with Crippen LogP contribution >= 0.6 is 0 Å². The Balaban J connectivity index is 1.08. The van der Waals surface area contributed by atoms with Gasteiger partial charge < -0.3 is 39.0 Å². The average molecular weight is 650 g/mol. The van der Waals surface area contributed by atoms with Crippen LogP contribution in [0.3, 0.4) is 0 Å². The van der Waals surface area contributed by atoms with Crippen molar-refractivity contribution in [1.82, 2.24) is 9.47 Å². The van der Waals surface area contributed by atoms with Crippen molar-refractivity contribution in [3.8, 4) is 17.2 Å². The number of anilines is 1. The Kier molecular flexibility index (Phi) is 8.79. The Labute approximate surface area is 269 Å². The van der Waals surface area contributed by atoms with Crippen molar-refractivity contribution in [2.45, 2.75) is 38.2 Å². The molecule has 0 radical (unpaired) electrons. The molecule has 3 aromatic rings. The van der Waals surface area contributed by atoms with Gasteiger partial charge in [-0.2, -0.15) is 0 Å². The van der Waals surface area contributed by atoms with Crippen LogP contribution in [-0.2, 0) is 11.3 Å². The molecule has 2 aromatic carbocycles. The van der Waals surface area contributed by atoms with Gasteiger partial charge in [-0.3, -0.25) is 14.5 Å². The summed E-state index contributed by atoms with van der Waals surface area (Å²) in [6.45, 7) is 5.34. The van der Waals surface area contributed by atoms with E-state index in [0.29, 0.717) is 61.8 Å². The fourth-order valence-corrected chi connectivity index (χ4v) is 6.36. The molecule has 0 amide bonds. The molecule has 1 aliphatic carbocycles. The number of carbonyl (C=O) groups is 2. The van der Waals surface area contributed by atoms with Gasteiger partial charge >= 0.3 is 5.97 Å². The summed E-state index contributed by atoms with van der Waals surface area (Å²) in [7, 11) is 1.40. The second-order valence-corrected chi connectivity index (χ2v) is 11.8. The minimum atomic E-state index is -1.48. The number of carboxylic acids is 1. The molecule has 6 rings (SSSR count). The van der Waals surface area contributed by atoms with E-state index in [9.17, 15) is 29.7 Å². The molecule has 13 heteroatoms. The lowest BCUT2D eigenvalue weighted by Gasteiger charge is -2.36. The number of fused-ring (bicyclic) bond motifs is 2. The van der Waals surface area contributed by atoms with Crippen LogP contribution in [0.1, 0.15) is 40.5 Å². The van der Waals surface area contributed by atoms with Gasteiger partial charge in [0.25, 0.3) is 0 Å². The highest BCUT2D eigenvalue weighted by molar-refractivity contribution is 6.03. The summed E-state index contributed by atoms with van der Waals surface area (Å²) >= 11 is 0. The Hall–Kier alpha value is -4.72. The number of allylic oxidation sites excluding steroid dienone is 2. The highest BCUT2D eigenvalue weighted by atomic mass is 19.1. The Morgan fingerprint density at radius 1 is 1.15 bits per heavy atom. The minimum Gasteiger partial charge on any atom is -0.507 e. The van der Waals surface area contributed by atoms with Gasteiger partial charge in [-0.1, -0.05) is 12.2 Å². The van der Waals surface area contributed by atoms with Crippen molar-refractivity contribution in [3.63, 3.8) is 0 Å². The number of aromatic hydroxyl groups is 1. The molecule has 1 saturated heterocycles. The zero-order valence-electron chi connectivity index (χ0n) is 26.1. The summed E-state index contributed by atoms with van der Waals surface area (Å²) < 4.78 is 34.1. The summed E-state index contributed by atoms with van der Waals surface area (Å²) in [5, 5.41) is 30.6. The maximum absolute atomic E-state index is 15.3. The molecule has 1 fully saturated rings. The van der Waals surface area contributed by atoms with Crippen LogP contribution in [0.2, 0.25) is 0 Å². The Morgan fingerprint density at radius 3 is 2.62 bits per heavy atom. The zero-order valence-corrected chi connectivity index (χ0v) is 26.1. The predicted molar refractivity (Wildman–Crippen MR) is 170 cm³/mol. The summed E-state index contributed by atoms with van der Waals surface area (Å²) in [5.41, 5.74) is 0.506. The number of ketones is 1. The van der Waals surface area contributed by atoms with Crippen molar-refractivity contribution >= 4 is 28.3 Å².